The summed E-state index contributed by atoms with van der Waals surface area (Å²) in [5.41, 5.74) is 6.45. The smallest absolute Gasteiger partial charge is 0.316 e. The maximum absolute atomic E-state index is 11.0. The first-order valence-corrected chi connectivity index (χ1v) is 6.37. The van der Waals surface area contributed by atoms with Gasteiger partial charge in [0, 0.05) is 0 Å². The van der Waals surface area contributed by atoms with Crippen molar-refractivity contribution in [2.24, 2.45) is 5.73 Å². The Hall–Kier alpha value is -1.00. The van der Waals surface area contributed by atoms with E-state index in [0.717, 1.165) is 17.7 Å². The van der Waals surface area contributed by atoms with Crippen molar-refractivity contribution in [3.63, 3.8) is 0 Å². The highest BCUT2D eigenvalue weighted by molar-refractivity contribution is 8.00. The molecule has 0 spiro atoms. The van der Waals surface area contributed by atoms with E-state index in [0.29, 0.717) is 13.0 Å². The number of thioether (sulfide) groups is 1. The van der Waals surface area contributed by atoms with E-state index in [4.69, 9.17) is 10.8 Å². The molecule has 0 saturated heterocycles. The second-order valence-electron chi connectivity index (χ2n) is 3.53. The minimum atomic E-state index is -0.745. The number of hydrogen-bond donors (Lipinski definition) is 2. The van der Waals surface area contributed by atoms with Gasteiger partial charge in [0.05, 0.1) is 0 Å². The van der Waals surface area contributed by atoms with E-state index in [1.54, 1.807) is 0 Å². The molecule has 3 nitrogen and oxygen atoms in total. The number of rotatable bonds is 7. The first-order chi connectivity index (χ1) is 7.74. The summed E-state index contributed by atoms with van der Waals surface area (Å²) in [5.74, 6) is 0.0613. The fourth-order valence-electron chi connectivity index (χ4n) is 1.35. The van der Waals surface area contributed by atoms with E-state index >= 15 is 0 Å². The maximum atomic E-state index is 11.0. The average molecular weight is 239 g/mol. The highest BCUT2D eigenvalue weighted by Crippen LogP contribution is 2.17. The number of aliphatic carboxylic acids is 1. The number of hydrogen-bond acceptors (Lipinski definition) is 3. The van der Waals surface area contributed by atoms with Crippen molar-refractivity contribution in [1.82, 2.24) is 0 Å². The lowest BCUT2D eigenvalue weighted by atomic mass is 10.1. The van der Waals surface area contributed by atoms with E-state index in [1.165, 1.54) is 11.8 Å². The fraction of sp³-hybridized carbons (Fsp3) is 0.417. The molecule has 0 radical (unpaired) electrons. The molecule has 0 bridgehead atoms. The summed E-state index contributed by atoms with van der Waals surface area (Å²) in [6.45, 7) is 0.616. The standard InChI is InChI=1S/C12H17NO2S/c13-7-4-8-16-11(12(14)15)9-10-5-2-1-3-6-10/h1-3,5-6,11H,4,7-9,13H2,(H,14,15). The molecule has 1 atom stereocenters. The van der Waals surface area contributed by atoms with Crippen molar-refractivity contribution in [2.45, 2.75) is 18.1 Å². The minimum absolute atomic E-state index is 0.367. The van der Waals surface area contributed by atoms with Gasteiger partial charge in [0.25, 0.3) is 0 Å². The maximum Gasteiger partial charge on any atom is 0.316 e. The van der Waals surface area contributed by atoms with Crippen LogP contribution < -0.4 is 5.73 Å². The Morgan fingerprint density at radius 2 is 2.06 bits per heavy atom. The molecule has 0 fully saturated rings. The predicted octanol–water partition coefficient (Wildman–Crippen LogP) is 1.76. The largest absolute Gasteiger partial charge is 0.480 e. The average Bonchev–Trinajstić information content (AvgIpc) is 2.29. The lowest BCUT2D eigenvalue weighted by molar-refractivity contribution is -0.136. The van der Waals surface area contributed by atoms with Crippen LogP contribution in [0.5, 0.6) is 0 Å². The normalized spacial score (nSPS) is 12.3. The van der Waals surface area contributed by atoms with Gasteiger partial charge in [0.2, 0.25) is 0 Å². The summed E-state index contributed by atoms with van der Waals surface area (Å²) in [6.07, 6.45) is 1.44. The third-order valence-corrected chi connectivity index (χ3v) is 3.50. The zero-order chi connectivity index (χ0) is 11.8. The van der Waals surface area contributed by atoms with Crippen molar-refractivity contribution in [3.8, 4) is 0 Å². The summed E-state index contributed by atoms with van der Waals surface area (Å²) in [5, 5.41) is 8.72. The van der Waals surface area contributed by atoms with E-state index in [2.05, 4.69) is 0 Å². The van der Waals surface area contributed by atoms with Gasteiger partial charge in [0.15, 0.2) is 0 Å². The van der Waals surface area contributed by atoms with Crippen molar-refractivity contribution in [3.05, 3.63) is 35.9 Å². The SMILES string of the molecule is NCCCSC(Cc1ccccc1)C(=O)O. The molecule has 1 aromatic carbocycles. The second-order valence-corrected chi connectivity index (χ2v) is 4.84. The summed E-state index contributed by atoms with van der Waals surface area (Å²) in [6, 6.07) is 9.71. The van der Waals surface area contributed by atoms with E-state index in [9.17, 15) is 4.79 Å². The quantitative estimate of drug-likeness (QED) is 0.712. The monoisotopic (exact) mass is 239 g/mol. The van der Waals surface area contributed by atoms with E-state index in [1.807, 2.05) is 30.3 Å². The molecule has 0 heterocycles. The van der Waals surface area contributed by atoms with Crippen molar-refractivity contribution >= 4 is 17.7 Å². The van der Waals surface area contributed by atoms with Crippen LogP contribution in [0.4, 0.5) is 0 Å². The van der Waals surface area contributed by atoms with Gasteiger partial charge in [-0.25, -0.2) is 0 Å². The van der Waals surface area contributed by atoms with Crippen LogP contribution in [0, 0.1) is 0 Å². The van der Waals surface area contributed by atoms with Crippen LogP contribution in [-0.4, -0.2) is 28.6 Å². The Morgan fingerprint density at radius 1 is 1.38 bits per heavy atom. The number of carboxylic acids is 1. The molecule has 0 aromatic heterocycles. The zero-order valence-corrected chi connectivity index (χ0v) is 9.95. The van der Waals surface area contributed by atoms with Crippen LogP contribution in [0.3, 0.4) is 0 Å². The molecule has 3 N–H and O–H groups in total. The molecule has 0 amide bonds. The van der Waals surface area contributed by atoms with Gasteiger partial charge in [-0.1, -0.05) is 30.3 Å². The van der Waals surface area contributed by atoms with Crippen LogP contribution in [0.15, 0.2) is 30.3 Å². The Bertz CT molecular complexity index is 316. The van der Waals surface area contributed by atoms with Gasteiger partial charge >= 0.3 is 5.97 Å². The molecule has 16 heavy (non-hydrogen) atoms. The highest BCUT2D eigenvalue weighted by atomic mass is 32.2. The van der Waals surface area contributed by atoms with Crippen LogP contribution >= 0.6 is 11.8 Å². The van der Waals surface area contributed by atoms with Gasteiger partial charge in [-0.2, -0.15) is 0 Å². The van der Waals surface area contributed by atoms with Crippen molar-refractivity contribution in [1.29, 1.82) is 0 Å². The third-order valence-electron chi connectivity index (χ3n) is 2.21. The van der Waals surface area contributed by atoms with E-state index < -0.39 is 5.97 Å². The van der Waals surface area contributed by atoms with Gasteiger partial charge < -0.3 is 10.8 Å². The van der Waals surface area contributed by atoms with Crippen LogP contribution in [0.1, 0.15) is 12.0 Å². The third kappa shape index (κ3) is 4.68. The number of benzene rings is 1. The predicted molar refractivity (Wildman–Crippen MR) is 67.7 cm³/mol. The molecule has 0 saturated carbocycles. The fourth-order valence-corrected chi connectivity index (χ4v) is 2.43. The van der Waals surface area contributed by atoms with Crippen LogP contribution in [0.2, 0.25) is 0 Å². The van der Waals surface area contributed by atoms with Crippen LogP contribution in [-0.2, 0) is 11.2 Å². The highest BCUT2D eigenvalue weighted by Gasteiger charge is 2.17. The lowest BCUT2D eigenvalue weighted by Crippen LogP contribution is -2.20. The van der Waals surface area contributed by atoms with Gasteiger partial charge in [-0.15, -0.1) is 11.8 Å². The molecule has 0 aliphatic heterocycles. The molecule has 1 rings (SSSR count). The molecule has 1 aromatic rings. The number of nitrogens with two attached hydrogens (primary N) is 1. The topological polar surface area (TPSA) is 63.3 Å². The molecule has 0 aliphatic carbocycles. The molecule has 0 aliphatic rings. The van der Waals surface area contributed by atoms with Gasteiger partial charge in [0.1, 0.15) is 5.25 Å². The number of carboxylic acid groups (broad SMARTS) is 1. The Balaban J connectivity index is 2.48. The molecule has 4 heteroatoms. The van der Waals surface area contributed by atoms with Crippen LogP contribution in [0.25, 0.3) is 0 Å². The van der Waals surface area contributed by atoms with Gasteiger partial charge in [-0.3, -0.25) is 4.79 Å². The van der Waals surface area contributed by atoms with Crippen molar-refractivity contribution < 1.29 is 9.90 Å². The second kappa shape index (κ2) is 7.30. The molecular formula is C12H17NO2S. The molecule has 1 unspecified atom stereocenters. The summed E-state index contributed by atoms with van der Waals surface area (Å²) < 4.78 is 0. The first kappa shape index (κ1) is 13.1. The zero-order valence-electron chi connectivity index (χ0n) is 9.13. The Morgan fingerprint density at radius 3 is 2.62 bits per heavy atom. The first-order valence-electron chi connectivity index (χ1n) is 5.32. The summed E-state index contributed by atoms with van der Waals surface area (Å²) in [4.78, 5) is 11.0. The molecular weight excluding hydrogens is 222 g/mol. The minimum Gasteiger partial charge on any atom is -0.480 e. The Kier molecular flexibility index (Phi) is 5.96. The van der Waals surface area contributed by atoms with E-state index in [-0.39, 0.29) is 5.25 Å². The van der Waals surface area contributed by atoms with Gasteiger partial charge in [-0.05, 0) is 30.7 Å². The summed E-state index contributed by atoms with van der Waals surface area (Å²) >= 11 is 1.47. The van der Waals surface area contributed by atoms with Crippen molar-refractivity contribution in [2.75, 3.05) is 12.3 Å². The molecule has 88 valence electrons. The lowest BCUT2D eigenvalue weighted by Gasteiger charge is -2.11. The number of carbonyl (C=O) groups is 1. The Labute approximate surface area is 100 Å². The summed E-state index contributed by atoms with van der Waals surface area (Å²) in [7, 11) is 0.